The molecule has 0 saturated heterocycles. The summed E-state index contributed by atoms with van der Waals surface area (Å²) < 4.78 is 15.8. The molecule has 0 unspecified atom stereocenters. The Hall–Kier alpha value is -7.18. The Labute approximate surface area is 389 Å². The van der Waals surface area contributed by atoms with Gasteiger partial charge in [-0.1, -0.05) is 98.1 Å². The number of nitrogens with one attached hydrogen (secondary N) is 5. The van der Waals surface area contributed by atoms with Gasteiger partial charge < -0.3 is 46.5 Å². The number of hydrogen-bond donors (Lipinski definition) is 6. The van der Waals surface area contributed by atoms with Gasteiger partial charge in [0.05, 0.1) is 13.5 Å². The van der Waals surface area contributed by atoms with E-state index in [1.807, 2.05) is 48.5 Å². The fourth-order valence-corrected chi connectivity index (χ4v) is 8.23. The molecule has 19 nitrogen and oxygen atoms in total. The Bertz CT molecular complexity index is 2250. The fraction of sp³-hybridized carbons (Fsp3) is 0.458. The molecule has 2 aliphatic carbocycles. The van der Waals surface area contributed by atoms with Gasteiger partial charge in [-0.25, -0.2) is 14.6 Å². The van der Waals surface area contributed by atoms with Crippen LogP contribution in [0.4, 0.5) is 4.79 Å². The molecule has 0 heterocycles. The third-order valence-corrected chi connectivity index (χ3v) is 11.4. The predicted molar refractivity (Wildman–Crippen MR) is 247 cm³/mol. The van der Waals surface area contributed by atoms with Gasteiger partial charge in [0.1, 0.15) is 42.4 Å². The fourth-order valence-electron chi connectivity index (χ4n) is 8.23. The lowest BCUT2D eigenvalue weighted by Gasteiger charge is -2.38. The van der Waals surface area contributed by atoms with Crippen LogP contribution in [0.25, 0.3) is 11.1 Å². The summed E-state index contributed by atoms with van der Waals surface area (Å²) in [6.45, 7) is 4.42. The molecule has 0 aliphatic heterocycles. The van der Waals surface area contributed by atoms with Gasteiger partial charge in [-0.05, 0) is 74.3 Å². The number of guanidine groups is 1. The molecule has 0 bridgehead atoms. The summed E-state index contributed by atoms with van der Waals surface area (Å²) >= 11 is 0. The van der Waals surface area contributed by atoms with Crippen LogP contribution < -0.4 is 32.3 Å². The van der Waals surface area contributed by atoms with Crippen molar-refractivity contribution in [3.8, 4) is 11.1 Å². The van der Waals surface area contributed by atoms with Crippen LogP contribution in [-0.4, -0.2) is 104 Å². The molecule has 0 radical (unpaired) electrons. The molecule has 3 aromatic carbocycles. The van der Waals surface area contributed by atoms with Crippen LogP contribution in [-0.2, 0) is 49.4 Å². The summed E-state index contributed by atoms with van der Waals surface area (Å²) in [5, 5.41) is 15.9. The van der Waals surface area contributed by atoms with E-state index in [4.69, 9.17) is 19.9 Å². The highest BCUT2D eigenvalue weighted by atomic mass is 16.6. The second-order valence-corrected chi connectivity index (χ2v) is 17.5. The molecular formula is C48H60N8O11. The first-order chi connectivity index (χ1) is 32.0. The third kappa shape index (κ3) is 14.7. The molecule has 5 amide bonds. The lowest BCUT2D eigenvalue weighted by atomic mass is 9.80. The number of aliphatic imine (C=N–C) groups is 1. The molecule has 67 heavy (non-hydrogen) atoms. The number of hydrogen-bond acceptors (Lipinski definition) is 12. The normalized spacial score (nSPS) is 15.5. The van der Waals surface area contributed by atoms with E-state index in [-0.39, 0.29) is 51.2 Å². The highest BCUT2D eigenvalue weighted by molar-refractivity contribution is 5.98. The Morgan fingerprint density at radius 2 is 1.42 bits per heavy atom. The number of esters is 2. The summed E-state index contributed by atoms with van der Waals surface area (Å²) in [6, 6.07) is 20.5. The first-order valence-corrected chi connectivity index (χ1v) is 22.3. The highest BCUT2D eigenvalue weighted by Gasteiger charge is 2.44. The van der Waals surface area contributed by atoms with E-state index in [1.54, 1.807) is 51.1 Å². The standard InChI is InChI=1S/C48H60N8O11/c1-47(2,3)67-40(58)27-38(43(61)65-4)53-41(59)37(26-30-16-7-5-8-17-30)54-44(62)48(23-13-6-14-24-48)55-42(60)36(22-15-25-50-45(49)56-64)52-39(57)28-51-46(63)66-29-35-33-20-11-9-18-31(33)32-19-10-12-21-34(32)35/h5,7-12,16-21,35-38H,6,13-15,22-29H2,1-4H3,(H2,49,50)(H,51,63)(H,52,57)(H,53,59)(H,54,62)(H,55,60)/t36-,37-,38-/m0/s1. The first-order valence-electron chi connectivity index (χ1n) is 22.3. The lowest BCUT2D eigenvalue weighted by Crippen LogP contribution is -2.65. The van der Waals surface area contributed by atoms with Crippen molar-refractivity contribution in [1.82, 2.24) is 26.6 Å². The largest absolute Gasteiger partial charge is 0.467 e. The summed E-state index contributed by atoms with van der Waals surface area (Å²) in [6.07, 6.45) is 0.910. The van der Waals surface area contributed by atoms with Crippen molar-refractivity contribution in [3.05, 3.63) is 100 Å². The number of fused-ring (bicyclic) bond motifs is 3. The van der Waals surface area contributed by atoms with Crippen LogP contribution >= 0.6 is 0 Å². The molecule has 7 N–H and O–H groups in total. The van der Waals surface area contributed by atoms with Crippen LogP contribution in [0.1, 0.15) is 94.7 Å². The zero-order valence-electron chi connectivity index (χ0n) is 38.3. The molecule has 3 aromatic rings. The number of nitrogens with two attached hydrogens (primary N) is 1. The molecule has 5 rings (SSSR count). The minimum Gasteiger partial charge on any atom is -0.467 e. The van der Waals surface area contributed by atoms with Crippen molar-refractivity contribution < 1.29 is 47.8 Å². The van der Waals surface area contributed by atoms with E-state index < -0.39 is 89.9 Å². The van der Waals surface area contributed by atoms with Gasteiger partial charge >= 0.3 is 18.0 Å². The van der Waals surface area contributed by atoms with E-state index in [9.17, 15) is 38.5 Å². The maximum atomic E-state index is 14.6. The molecule has 0 aromatic heterocycles. The van der Waals surface area contributed by atoms with Gasteiger partial charge in [0, 0.05) is 24.1 Å². The molecular weight excluding hydrogens is 865 g/mol. The maximum absolute atomic E-state index is 14.6. The van der Waals surface area contributed by atoms with Crippen molar-refractivity contribution in [2.75, 3.05) is 26.8 Å². The van der Waals surface area contributed by atoms with Crippen LogP contribution in [0, 0.1) is 4.91 Å². The number of benzene rings is 3. The topological polar surface area (TPSA) is 275 Å². The van der Waals surface area contributed by atoms with Gasteiger partial charge in [0.25, 0.3) is 5.96 Å². The van der Waals surface area contributed by atoms with E-state index in [2.05, 4.69) is 36.8 Å². The molecule has 1 fully saturated rings. The van der Waals surface area contributed by atoms with Gasteiger partial charge in [0.2, 0.25) is 23.6 Å². The minimum absolute atomic E-state index is 0.0156. The molecule has 19 heteroatoms. The Kier molecular flexibility index (Phi) is 18.1. The summed E-state index contributed by atoms with van der Waals surface area (Å²) in [5.74, 6) is -5.32. The number of amides is 5. The van der Waals surface area contributed by atoms with Gasteiger partial charge in [-0.15, -0.1) is 4.91 Å². The second kappa shape index (κ2) is 23.8. The number of methoxy groups -OCH3 is 1. The number of nitrogens with zero attached hydrogens (tertiary/aromatic N) is 2. The van der Waals surface area contributed by atoms with Gasteiger partial charge in [-0.3, -0.25) is 24.0 Å². The number of carbonyl (C=O) groups is 7. The van der Waals surface area contributed by atoms with E-state index in [0.717, 1.165) is 35.8 Å². The molecule has 3 atom stereocenters. The van der Waals surface area contributed by atoms with Crippen LogP contribution in [0.15, 0.2) is 89.0 Å². The number of nitroso groups, excluding NO2 is 1. The zero-order chi connectivity index (χ0) is 48.6. The number of alkyl carbamates (subject to hydrolysis) is 1. The quantitative estimate of drug-likeness (QED) is 0.0236. The number of rotatable bonds is 20. The summed E-state index contributed by atoms with van der Waals surface area (Å²) in [5.41, 5.74) is 7.82. The van der Waals surface area contributed by atoms with Crippen LogP contribution in [0.2, 0.25) is 0 Å². The van der Waals surface area contributed by atoms with Gasteiger partial charge in [-0.2, -0.15) is 0 Å². The summed E-state index contributed by atoms with van der Waals surface area (Å²) in [7, 11) is 1.11. The average Bonchev–Trinajstić information content (AvgIpc) is 3.63. The molecule has 0 spiro atoms. The Morgan fingerprint density at radius 3 is 2.03 bits per heavy atom. The highest BCUT2D eigenvalue weighted by Crippen LogP contribution is 2.44. The van der Waals surface area contributed by atoms with Gasteiger partial charge in [0.15, 0.2) is 0 Å². The Morgan fingerprint density at radius 1 is 0.791 bits per heavy atom. The predicted octanol–water partition coefficient (Wildman–Crippen LogP) is 3.81. The lowest BCUT2D eigenvalue weighted by molar-refractivity contribution is -0.159. The monoisotopic (exact) mass is 924 g/mol. The van der Waals surface area contributed by atoms with Crippen LogP contribution in [0.5, 0.6) is 0 Å². The number of ether oxygens (including phenoxy) is 3. The van der Waals surface area contributed by atoms with Crippen LogP contribution in [0.3, 0.4) is 0 Å². The summed E-state index contributed by atoms with van der Waals surface area (Å²) in [4.78, 5) is 109. The van der Waals surface area contributed by atoms with Crippen molar-refractivity contribution in [2.24, 2.45) is 15.9 Å². The van der Waals surface area contributed by atoms with Crippen molar-refractivity contribution in [3.63, 3.8) is 0 Å². The second-order valence-electron chi connectivity index (χ2n) is 17.5. The Balaban J connectivity index is 1.29. The molecule has 2 aliphatic rings. The third-order valence-electron chi connectivity index (χ3n) is 11.4. The smallest absolute Gasteiger partial charge is 0.407 e. The van der Waals surface area contributed by atoms with Crippen molar-refractivity contribution in [2.45, 2.75) is 114 Å². The molecule has 1 saturated carbocycles. The zero-order valence-corrected chi connectivity index (χ0v) is 38.3. The van der Waals surface area contributed by atoms with Crippen molar-refractivity contribution in [1.29, 1.82) is 0 Å². The van der Waals surface area contributed by atoms with Crippen molar-refractivity contribution >= 4 is 47.6 Å². The molecule has 358 valence electrons. The number of carbonyl (C=O) groups excluding carboxylic acids is 7. The van der Waals surface area contributed by atoms with E-state index in [1.165, 1.54) is 0 Å². The SMILES string of the molecule is COC(=O)[C@H](CC(=O)OC(C)(C)C)NC(=O)[C@H](Cc1ccccc1)NC(=O)C1(NC(=O)[C@H](CCCN=C(N)N=O)NC(=O)CNC(=O)OCC2c3ccccc3-c3ccccc32)CCCCC1. The average molecular weight is 925 g/mol. The minimum atomic E-state index is -1.55. The first kappa shape index (κ1) is 50.8. The van der Waals surface area contributed by atoms with E-state index >= 15 is 0 Å². The maximum Gasteiger partial charge on any atom is 0.407 e. The van der Waals surface area contributed by atoms with E-state index in [0.29, 0.717) is 18.4 Å².